The Hall–Kier alpha value is -1.20. The van der Waals surface area contributed by atoms with Crippen molar-refractivity contribution >= 4 is 27.4 Å². The molecular formula is C12H17N3OS. The zero-order valence-electron chi connectivity index (χ0n) is 10.2. The van der Waals surface area contributed by atoms with Gasteiger partial charge in [0.1, 0.15) is 16.5 Å². The number of methoxy groups -OCH3 is 1. The van der Waals surface area contributed by atoms with Gasteiger partial charge in [0.25, 0.3) is 0 Å². The summed E-state index contributed by atoms with van der Waals surface area (Å²) in [6.07, 6.45) is 2.75. The predicted octanol–water partition coefficient (Wildman–Crippen LogP) is 2.41. The molecule has 0 saturated heterocycles. The number of nitrogens with zero attached hydrogens (tertiary/aromatic N) is 2. The Morgan fingerprint density at radius 3 is 2.94 bits per heavy atom. The van der Waals surface area contributed by atoms with Gasteiger partial charge in [-0.1, -0.05) is 6.92 Å². The van der Waals surface area contributed by atoms with E-state index in [0.29, 0.717) is 5.82 Å². The summed E-state index contributed by atoms with van der Waals surface area (Å²) < 4.78 is 5.02. The summed E-state index contributed by atoms with van der Waals surface area (Å²) in [7, 11) is 1.70. The van der Waals surface area contributed by atoms with Gasteiger partial charge in [-0.05, 0) is 18.9 Å². The molecule has 2 N–H and O–H groups in total. The smallest absolute Gasteiger partial charge is 0.135 e. The molecule has 0 fully saturated rings. The number of fused-ring (bicyclic) bond motifs is 1. The number of ether oxygens (including phenoxy) is 1. The van der Waals surface area contributed by atoms with Crippen LogP contribution in [-0.2, 0) is 17.6 Å². The Labute approximate surface area is 105 Å². The van der Waals surface area contributed by atoms with Crippen LogP contribution >= 0.6 is 11.3 Å². The van der Waals surface area contributed by atoms with Crippen LogP contribution in [0.2, 0.25) is 0 Å². The molecule has 0 aliphatic carbocycles. The summed E-state index contributed by atoms with van der Waals surface area (Å²) in [6.45, 7) is 2.86. The average molecular weight is 251 g/mol. The summed E-state index contributed by atoms with van der Waals surface area (Å²) in [5.41, 5.74) is 5.95. The molecule has 0 spiro atoms. The Kier molecular flexibility index (Phi) is 3.91. The van der Waals surface area contributed by atoms with E-state index in [4.69, 9.17) is 10.5 Å². The molecule has 92 valence electrons. The molecule has 0 aliphatic rings. The van der Waals surface area contributed by atoms with E-state index in [1.807, 2.05) is 0 Å². The van der Waals surface area contributed by atoms with E-state index in [-0.39, 0.29) is 0 Å². The number of nitrogens with two attached hydrogens (primary N) is 1. The van der Waals surface area contributed by atoms with Crippen molar-refractivity contribution in [2.75, 3.05) is 19.5 Å². The third-order valence-corrected chi connectivity index (χ3v) is 3.79. The van der Waals surface area contributed by atoms with Crippen molar-refractivity contribution in [2.24, 2.45) is 0 Å². The summed E-state index contributed by atoms with van der Waals surface area (Å²) in [5.74, 6) is 1.41. The fourth-order valence-electron chi connectivity index (χ4n) is 1.70. The molecule has 0 atom stereocenters. The van der Waals surface area contributed by atoms with Gasteiger partial charge < -0.3 is 10.5 Å². The van der Waals surface area contributed by atoms with Crippen LogP contribution in [0.25, 0.3) is 10.2 Å². The number of hydrogen-bond donors (Lipinski definition) is 1. The number of aromatic nitrogens is 2. The third kappa shape index (κ3) is 2.73. The first-order valence-electron chi connectivity index (χ1n) is 5.78. The molecule has 2 heterocycles. The van der Waals surface area contributed by atoms with E-state index in [0.717, 1.165) is 41.9 Å². The van der Waals surface area contributed by atoms with Crippen molar-refractivity contribution in [1.82, 2.24) is 9.97 Å². The first-order valence-corrected chi connectivity index (χ1v) is 6.60. The van der Waals surface area contributed by atoms with Crippen molar-refractivity contribution in [1.29, 1.82) is 0 Å². The zero-order valence-corrected chi connectivity index (χ0v) is 11.0. The van der Waals surface area contributed by atoms with Gasteiger partial charge in [0.05, 0.1) is 5.39 Å². The molecule has 2 rings (SSSR count). The van der Waals surface area contributed by atoms with Crippen LogP contribution in [0.4, 0.5) is 5.82 Å². The normalized spacial score (nSPS) is 11.2. The molecule has 0 aromatic carbocycles. The highest BCUT2D eigenvalue weighted by molar-refractivity contribution is 7.18. The first-order chi connectivity index (χ1) is 8.24. The number of hydrogen-bond acceptors (Lipinski definition) is 5. The van der Waals surface area contributed by atoms with Crippen LogP contribution in [0.15, 0.2) is 6.07 Å². The van der Waals surface area contributed by atoms with Gasteiger partial charge in [-0.15, -0.1) is 11.3 Å². The van der Waals surface area contributed by atoms with Crippen molar-refractivity contribution in [2.45, 2.75) is 26.2 Å². The summed E-state index contributed by atoms with van der Waals surface area (Å²) in [4.78, 5) is 11.2. The molecule has 0 radical (unpaired) electrons. The van der Waals surface area contributed by atoms with Crippen molar-refractivity contribution in [3.8, 4) is 0 Å². The standard InChI is InChI=1S/C12H17N3OS/c1-3-8-7-9-11(13)14-10(5-4-6-16-2)15-12(9)17-8/h7H,3-6H2,1-2H3,(H2,13,14,15). The van der Waals surface area contributed by atoms with Gasteiger partial charge in [0.2, 0.25) is 0 Å². The molecule has 4 nitrogen and oxygen atoms in total. The quantitative estimate of drug-likeness (QED) is 0.829. The Balaban J connectivity index is 2.27. The van der Waals surface area contributed by atoms with Crippen molar-refractivity contribution in [3.63, 3.8) is 0 Å². The lowest BCUT2D eigenvalue weighted by molar-refractivity contribution is 0.194. The second-order valence-corrected chi connectivity index (χ2v) is 5.02. The van der Waals surface area contributed by atoms with E-state index in [2.05, 4.69) is 23.0 Å². The average Bonchev–Trinajstić information content (AvgIpc) is 2.73. The molecule has 0 saturated carbocycles. The zero-order chi connectivity index (χ0) is 12.3. The molecule has 2 aromatic heterocycles. The second-order valence-electron chi connectivity index (χ2n) is 3.91. The fraction of sp³-hybridized carbons (Fsp3) is 0.500. The largest absolute Gasteiger partial charge is 0.385 e. The van der Waals surface area contributed by atoms with E-state index in [9.17, 15) is 0 Å². The summed E-state index contributed by atoms with van der Waals surface area (Å²) in [5, 5.41) is 0.988. The lowest BCUT2D eigenvalue weighted by Crippen LogP contribution is -2.01. The molecule has 0 amide bonds. The summed E-state index contributed by atoms with van der Waals surface area (Å²) >= 11 is 1.70. The van der Waals surface area contributed by atoms with Crippen LogP contribution in [-0.4, -0.2) is 23.7 Å². The molecule has 2 aromatic rings. The lowest BCUT2D eigenvalue weighted by atomic mass is 10.3. The minimum atomic E-state index is 0.596. The number of aryl methyl sites for hydroxylation is 2. The molecule has 0 bridgehead atoms. The van der Waals surface area contributed by atoms with E-state index >= 15 is 0 Å². The SMILES string of the molecule is CCc1cc2c(N)nc(CCCOC)nc2s1. The minimum Gasteiger partial charge on any atom is -0.385 e. The van der Waals surface area contributed by atoms with Crippen LogP contribution in [0, 0.1) is 0 Å². The maximum atomic E-state index is 5.95. The van der Waals surface area contributed by atoms with Crippen molar-refractivity contribution in [3.05, 3.63) is 16.8 Å². The minimum absolute atomic E-state index is 0.596. The van der Waals surface area contributed by atoms with Gasteiger partial charge in [0, 0.05) is 25.0 Å². The highest BCUT2D eigenvalue weighted by Gasteiger charge is 2.08. The van der Waals surface area contributed by atoms with Gasteiger partial charge in [-0.25, -0.2) is 9.97 Å². The van der Waals surface area contributed by atoms with Crippen molar-refractivity contribution < 1.29 is 4.74 Å². The number of nitrogen functional groups attached to an aromatic ring is 1. The summed E-state index contributed by atoms with van der Waals surface area (Å²) in [6, 6.07) is 2.09. The number of rotatable bonds is 5. The van der Waals surface area contributed by atoms with Gasteiger partial charge in [-0.2, -0.15) is 0 Å². The Morgan fingerprint density at radius 1 is 1.41 bits per heavy atom. The van der Waals surface area contributed by atoms with Crippen LogP contribution < -0.4 is 5.73 Å². The molecule has 5 heteroatoms. The van der Waals surface area contributed by atoms with E-state index in [1.165, 1.54) is 4.88 Å². The molecule has 17 heavy (non-hydrogen) atoms. The Bertz CT molecular complexity index is 510. The molecule has 0 aliphatic heterocycles. The topological polar surface area (TPSA) is 61.0 Å². The van der Waals surface area contributed by atoms with Gasteiger partial charge in [0.15, 0.2) is 0 Å². The lowest BCUT2D eigenvalue weighted by Gasteiger charge is -2.01. The Morgan fingerprint density at radius 2 is 2.24 bits per heavy atom. The van der Waals surface area contributed by atoms with Gasteiger partial charge in [-0.3, -0.25) is 0 Å². The maximum Gasteiger partial charge on any atom is 0.135 e. The fourth-order valence-corrected chi connectivity index (χ4v) is 2.69. The number of thiophene rings is 1. The maximum absolute atomic E-state index is 5.95. The van der Waals surface area contributed by atoms with Crippen LogP contribution in [0.5, 0.6) is 0 Å². The molecule has 0 unspecified atom stereocenters. The number of anilines is 1. The predicted molar refractivity (Wildman–Crippen MR) is 71.4 cm³/mol. The highest BCUT2D eigenvalue weighted by atomic mass is 32.1. The van der Waals surface area contributed by atoms with Crippen LogP contribution in [0.3, 0.4) is 0 Å². The van der Waals surface area contributed by atoms with E-state index < -0.39 is 0 Å². The third-order valence-electron chi connectivity index (χ3n) is 2.62. The first kappa shape index (κ1) is 12.3. The van der Waals surface area contributed by atoms with Gasteiger partial charge >= 0.3 is 0 Å². The molecular weight excluding hydrogens is 234 g/mol. The highest BCUT2D eigenvalue weighted by Crippen LogP contribution is 2.27. The van der Waals surface area contributed by atoms with E-state index in [1.54, 1.807) is 18.4 Å². The second kappa shape index (κ2) is 5.42. The van der Waals surface area contributed by atoms with Crippen LogP contribution in [0.1, 0.15) is 24.0 Å². The monoisotopic (exact) mass is 251 g/mol.